The van der Waals surface area contributed by atoms with Gasteiger partial charge >= 0.3 is 0 Å². The Balaban J connectivity index is 1.29. The number of tetrazole rings is 1. The number of ether oxygens (including phenoxy) is 2. The molecule has 0 amide bonds. The number of pyridine rings is 2. The van der Waals surface area contributed by atoms with E-state index < -0.39 is 0 Å². The zero-order chi connectivity index (χ0) is 22.8. The fourth-order valence-corrected chi connectivity index (χ4v) is 3.63. The van der Waals surface area contributed by atoms with Crippen molar-refractivity contribution in [1.29, 1.82) is 0 Å². The molecule has 33 heavy (non-hydrogen) atoms. The second kappa shape index (κ2) is 8.89. The number of aromatic nitrogens is 8. The monoisotopic (exact) mass is 444 g/mol. The van der Waals surface area contributed by atoms with Gasteiger partial charge in [-0.3, -0.25) is 9.97 Å². The molecule has 168 valence electrons. The number of methoxy groups -OCH3 is 1. The standard InChI is InChI=1S/C23H24N8O2/c1-4-31-29-22(28-30-31)21-7-5-15(10-25-21)19-12-24-14(2)27-23(19)33-13-16-9-18(16)20-8-6-17(32-3)11-26-20/h5-8,10-12,16,18H,4,9,13H2,1-3H3. The summed E-state index contributed by atoms with van der Waals surface area (Å²) >= 11 is 0. The van der Waals surface area contributed by atoms with E-state index in [1.165, 1.54) is 4.80 Å². The zero-order valence-electron chi connectivity index (χ0n) is 18.7. The van der Waals surface area contributed by atoms with Crippen LogP contribution in [0.25, 0.3) is 22.6 Å². The van der Waals surface area contributed by atoms with Gasteiger partial charge < -0.3 is 9.47 Å². The van der Waals surface area contributed by atoms with Gasteiger partial charge in [0, 0.05) is 35.5 Å². The first kappa shape index (κ1) is 20.9. The average Bonchev–Trinajstić information content (AvgIpc) is 3.48. The molecule has 0 spiro atoms. The molecule has 4 aromatic heterocycles. The molecule has 2 atom stereocenters. The lowest BCUT2D eigenvalue weighted by atomic mass is 10.1. The third-order valence-electron chi connectivity index (χ3n) is 5.65. The van der Waals surface area contributed by atoms with Crippen molar-refractivity contribution in [2.75, 3.05) is 13.7 Å². The minimum absolute atomic E-state index is 0.396. The normalized spacial score (nSPS) is 17.1. The Bertz CT molecular complexity index is 1240. The SMILES string of the molecule is CCn1nnc(-c2ccc(-c3cnc(C)nc3OCC3CC3c3ccc(OC)cn3)cn2)n1. The number of nitrogens with zero attached hydrogens (tertiary/aromatic N) is 8. The van der Waals surface area contributed by atoms with Gasteiger partial charge in [0.1, 0.15) is 17.3 Å². The Morgan fingerprint density at radius 3 is 2.67 bits per heavy atom. The molecule has 2 unspecified atom stereocenters. The van der Waals surface area contributed by atoms with E-state index in [0.717, 1.165) is 29.0 Å². The summed E-state index contributed by atoms with van der Waals surface area (Å²) in [5.41, 5.74) is 3.38. The maximum atomic E-state index is 6.16. The van der Waals surface area contributed by atoms with E-state index >= 15 is 0 Å². The maximum Gasteiger partial charge on any atom is 0.224 e. The molecular formula is C23H24N8O2. The molecule has 1 aliphatic carbocycles. The van der Waals surface area contributed by atoms with Crippen LogP contribution < -0.4 is 9.47 Å². The van der Waals surface area contributed by atoms with Crippen molar-refractivity contribution in [3.8, 4) is 34.3 Å². The van der Waals surface area contributed by atoms with Crippen molar-refractivity contribution in [3.63, 3.8) is 0 Å². The number of hydrogen-bond acceptors (Lipinski definition) is 9. The lowest BCUT2D eigenvalue weighted by molar-refractivity contribution is 0.285. The van der Waals surface area contributed by atoms with Crippen molar-refractivity contribution >= 4 is 0 Å². The van der Waals surface area contributed by atoms with Crippen LogP contribution in [-0.2, 0) is 6.54 Å². The number of hydrogen-bond donors (Lipinski definition) is 0. The molecule has 4 aromatic rings. The predicted molar refractivity (Wildman–Crippen MR) is 120 cm³/mol. The minimum Gasteiger partial charge on any atom is -0.495 e. The van der Waals surface area contributed by atoms with Gasteiger partial charge in [-0.2, -0.15) is 9.78 Å². The molecule has 0 bridgehead atoms. The van der Waals surface area contributed by atoms with Crippen molar-refractivity contribution in [3.05, 3.63) is 54.4 Å². The van der Waals surface area contributed by atoms with E-state index in [1.54, 1.807) is 25.7 Å². The van der Waals surface area contributed by atoms with Gasteiger partial charge in [0.2, 0.25) is 11.7 Å². The van der Waals surface area contributed by atoms with Crippen molar-refractivity contribution < 1.29 is 9.47 Å². The maximum absolute atomic E-state index is 6.16. The molecule has 5 rings (SSSR count). The molecule has 0 radical (unpaired) electrons. The highest BCUT2D eigenvalue weighted by atomic mass is 16.5. The van der Waals surface area contributed by atoms with E-state index in [4.69, 9.17) is 9.47 Å². The third-order valence-corrected chi connectivity index (χ3v) is 5.65. The lowest BCUT2D eigenvalue weighted by Crippen LogP contribution is -2.06. The van der Waals surface area contributed by atoms with Gasteiger partial charge in [-0.15, -0.1) is 10.2 Å². The molecular weight excluding hydrogens is 420 g/mol. The largest absolute Gasteiger partial charge is 0.495 e. The second-order valence-corrected chi connectivity index (χ2v) is 7.91. The highest BCUT2D eigenvalue weighted by Crippen LogP contribution is 2.47. The lowest BCUT2D eigenvalue weighted by Gasteiger charge is -2.11. The Kier molecular flexibility index (Phi) is 5.64. The summed E-state index contributed by atoms with van der Waals surface area (Å²) in [4.78, 5) is 19.4. The summed E-state index contributed by atoms with van der Waals surface area (Å²) in [6, 6.07) is 7.77. The fourth-order valence-electron chi connectivity index (χ4n) is 3.63. The van der Waals surface area contributed by atoms with Crippen LogP contribution in [0.15, 0.2) is 42.9 Å². The predicted octanol–water partition coefficient (Wildman–Crippen LogP) is 3.11. The zero-order valence-corrected chi connectivity index (χ0v) is 18.7. The topological polar surface area (TPSA) is 114 Å². The van der Waals surface area contributed by atoms with Crippen molar-refractivity contribution in [2.45, 2.75) is 32.7 Å². The Morgan fingerprint density at radius 1 is 1.06 bits per heavy atom. The highest BCUT2D eigenvalue weighted by Gasteiger charge is 2.40. The molecule has 0 N–H and O–H groups in total. The van der Waals surface area contributed by atoms with Crippen LogP contribution in [0, 0.1) is 12.8 Å². The van der Waals surface area contributed by atoms with Gasteiger partial charge in [-0.1, -0.05) is 6.07 Å². The third kappa shape index (κ3) is 4.50. The molecule has 10 heteroatoms. The van der Waals surface area contributed by atoms with Gasteiger partial charge in [0.15, 0.2) is 0 Å². The molecule has 10 nitrogen and oxygen atoms in total. The van der Waals surface area contributed by atoms with Crippen LogP contribution in [0.5, 0.6) is 11.6 Å². The van der Waals surface area contributed by atoms with E-state index in [9.17, 15) is 0 Å². The summed E-state index contributed by atoms with van der Waals surface area (Å²) < 4.78 is 11.3. The molecule has 0 saturated heterocycles. The molecule has 1 aliphatic rings. The number of rotatable bonds is 8. The number of aryl methyl sites for hydroxylation is 2. The van der Waals surface area contributed by atoms with Gasteiger partial charge in [0.05, 0.1) is 32.0 Å². The summed E-state index contributed by atoms with van der Waals surface area (Å²) in [6.07, 6.45) is 6.33. The Hall–Kier alpha value is -3.95. The van der Waals surface area contributed by atoms with Crippen molar-refractivity contribution in [1.82, 2.24) is 40.1 Å². The molecule has 1 fully saturated rings. The van der Waals surface area contributed by atoms with E-state index in [2.05, 4.69) is 35.3 Å². The second-order valence-electron chi connectivity index (χ2n) is 7.91. The fraction of sp³-hybridized carbons (Fsp3) is 0.348. The first-order valence-corrected chi connectivity index (χ1v) is 10.9. The van der Waals surface area contributed by atoms with E-state index in [1.807, 2.05) is 38.1 Å². The summed E-state index contributed by atoms with van der Waals surface area (Å²) in [5.74, 6) is 3.27. The van der Waals surface area contributed by atoms with Crippen LogP contribution >= 0.6 is 0 Å². The van der Waals surface area contributed by atoms with Gasteiger partial charge in [-0.25, -0.2) is 4.98 Å². The molecule has 0 aromatic carbocycles. The quantitative estimate of drug-likeness (QED) is 0.404. The van der Waals surface area contributed by atoms with Crippen LogP contribution in [-0.4, -0.2) is 53.9 Å². The van der Waals surface area contributed by atoms with Crippen LogP contribution in [0.3, 0.4) is 0 Å². The van der Waals surface area contributed by atoms with E-state index in [0.29, 0.717) is 48.2 Å². The van der Waals surface area contributed by atoms with Gasteiger partial charge in [0.25, 0.3) is 0 Å². The van der Waals surface area contributed by atoms with E-state index in [-0.39, 0.29) is 0 Å². The summed E-state index contributed by atoms with van der Waals surface area (Å²) in [6.45, 7) is 5.03. The van der Waals surface area contributed by atoms with Crippen LogP contribution in [0.2, 0.25) is 0 Å². The smallest absolute Gasteiger partial charge is 0.224 e. The highest BCUT2D eigenvalue weighted by molar-refractivity contribution is 5.68. The summed E-state index contributed by atoms with van der Waals surface area (Å²) in [7, 11) is 1.64. The molecule has 1 saturated carbocycles. The first-order valence-electron chi connectivity index (χ1n) is 10.9. The minimum atomic E-state index is 0.396. The van der Waals surface area contributed by atoms with Crippen LogP contribution in [0.1, 0.15) is 30.8 Å². The van der Waals surface area contributed by atoms with Gasteiger partial charge in [-0.05, 0) is 43.7 Å². The Morgan fingerprint density at radius 2 is 1.97 bits per heavy atom. The first-order chi connectivity index (χ1) is 16.1. The van der Waals surface area contributed by atoms with Crippen molar-refractivity contribution in [2.24, 2.45) is 5.92 Å². The Labute approximate surface area is 191 Å². The van der Waals surface area contributed by atoms with Crippen LogP contribution in [0.4, 0.5) is 0 Å². The summed E-state index contributed by atoms with van der Waals surface area (Å²) in [5, 5.41) is 12.3. The average molecular weight is 444 g/mol. The molecule has 0 aliphatic heterocycles. The molecule has 4 heterocycles.